The first-order chi connectivity index (χ1) is 24.8. The van der Waals surface area contributed by atoms with E-state index in [2.05, 4.69) is 179 Å². The summed E-state index contributed by atoms with van der Waals surface area (Å²) in [6.45, 7) is 0. The summed E-state index contributed by atoms with van der Waals surface area (Å²) in [7, 11) is 0. The van der Waals surface area contributed by atoms with E-state index in [-0.39, 0.29) is 0 Å². The Morgan fingerprint density at radius 3 is 1.56 bits per heavy atom. The van der Waals surface area contributed by atoms with Crippen molar-refractivity contribution < 1.29 is 0 Å². The Balaban J connectivity index is 1.22. The fourth-order valence-electron chi connectivity index (χ4n) is 7.52. The van der Waals surface area contributed by atoms with Crippen molar-refractivity contribution in [2.45, 2.75) is 0 Å². The van der Waals surface area contributed by atoms with Gasteiger partial charge in [0.15, 0.2) is 0 Å². The summed E-state index contributed by atoms with van der Waals surface area (Å²) in [5.41, 5.74) is 11.9. The topological polar surface area (TPSA) is 35.6 Å². The van der Waals surface area contributed by atoms with Gasteiger partial charge in [-0.15, -0.1) is 0 Å². The average molecular weight is 639 g/mol. The number of nitrogens with zero attached hydrogens (tertiary/aromatic N) is 4. The Hall–Kier alpha value is -6.78. The minimum absolute atomic E-state index is 0.650. The van der Waals surface area contributed by atoms with E-state index in [0.29, 0.717) is 5.95 Å². The Bertz CT molecular complexity index is 2790. The van der Waals surface area contributed by atoms with Crippen LogP contribution in [0.25, 0.3) is 88.9 Å². The van der Waals surface area contributed by atoms with Gasteiger partial charge in [0.2, 0.25) is 5.95 Å². The van der Waals surface area contributed by atoms with Gasteiger partial charge in [-0.1, -0.05) is 133 Å². The lowest BCUT2D eigenvalue weighted by atomic mass is 9.98. The highest BCUT2D eigenvalue weighted by molar-refractivity contribution is 6.17. The van der Waals surface area contributed by atoms with Gasteiger partial charge in [-0.2, -0.15) is 0 Å². The van der Waals surface area contributed by atoms with E-state index in [4.69, 9.17) is 9.97 Å². The highest BCUT2D eigenvalue weighted by Crippen LogP contribution is 2.41. The van der Waals surface area contributed by atoms with Crippen molar-refractivity contribution >= 4 is 43.6 Å². The van der Waals surface area contributed by atoms with Crippen LogP contribution in [0.2, 0.25) is 0 Å². The SMILES string of the molecule is c1ccc(-c2cc(-c3ccccc3)nc(-n3c4ccccc4c4cc(-c5cccc6c5c5ccccc5n6-c5ccccc5)ccc43)n2)cc1. The lowest BCUT2D eigenvalue weighted by molar-refractivity contribution is 0.995. The molecular weight excluding hydrogens is 609 g/mol. The van der Waals surface area contributed by atoms with Gasteiger partial charge in [0.05, 0.1) is 33.5 Å². The van der Waals surface area contributed by atoms with Crippen LogP contribution in [0.5, 0.6) is 0 Å². The fraction of sp³-hybridized carbons (Fsp3) is 0. The van der Waals surface area contributed by atoms with E-state index in [1.807, 2.05) is 12.1 Å². The summed E-state index contributed by atoms with van der Waals surface area (Å²) in [6, 6.07) is 64.2. The zero-order valence-electron chi connectivity index (χ0n) is 27.1. The van der Waals surface area contributed by atoms with Gasteiger partial charge in [-0.3, -0.25) is 4.57 Å². The second-order valence-electron chi connectivity index (χ2n) is 12.6. The van der Waals surface area contributed by atoms with Gasteiger partial charge in [0.1, 0.15) is 0 Å². The van der Waals surface area contributed by atoms with E-state index in [9.17, 15) is 0 Å². The Kier molecular flexibility index (Phi) is 6.46. The lowest BCUT2D eigenvalue weighted by Gasteiger charge is -2.12. The molecule has 234 valence electrons. The van der Waals surface area contributed by atoms with Crippen molar-refractivity contribution in [2.75, 3.05) is 0 Å². The quantitative estimate of drug-likeness (QED) is 0.188. The molecule has 3 aromatic heterocycles. The molecule has 0 fully saturated rings. The highest BCUT2D eigenvalue weighted by atomic mass is 15.2. The van der Waals surface area contributed by atoms with Crippen LogP contribution in [0.4, 0.5) is 0 Å². The summed E-state index contributed by atoms with van der Waals surface area (Å²) in [6.07, 6.45) is 0. The van der Waals surface area contributed by atoms with E-state index in [1.165, 1.54) is 38.3 Å². The second-order valence-corrected chi connectivity index (χ2v) is 12.6. The molecule has 4 nitrogen and oxygen atoms in total. The standard InChI is InChI=1S/C46H30N4/c1-4-15-31(16-5-1)39-30-40(32-17-6-2-7-18-32)48-46(47-39)50-41-24-12-10-21-36(41)38-29-33(27-28-43(38)50)35-23-14-26-44-45(35)37-22-11-13-25-42(37)49(44)34-19-8-3-9-20-34/h1-30H. The number of fused-ring (bicyclic) bond motifs is 6. The summed E-state index contributed by atoms with van der Waals surface area (Å²) in [5, 5.41) is 4.82. The van der Waals surface area contributed by atoms with Crippen molar-refractivity contribution in [3.05, 3.63) is 182 Å². The molecule has 0 atom stereocenters. The van der Waals surface area contributed by atoms with Gasteiger partial charge in [-0.05, 0) is 59.7 Å². The van der Waals surface area contributed by atoms with Crippen LogP contribution in [0.3, 0.4) is 0 Å². The fourth-order valence-corrected chi connectivity index (χ4v) is 7.52. The molecule has 0 N–H and O–H groups in total. The smallest absolute Gasteiger partial charge is 0.235 e. The molecule has 0 bridgehead atoms. The van der Waals surface area contributed by atoms with Crippen LogP contribution in [0.1, 0.15) is 0 Å². The molecule has 10 aromatic rings. The molecule has 0 radical (unpaired) electrons. The molecule has 7 aromatic carbocycles. The van der Waals surface area contributed by atoms with Crippen LogP contribution in [-0.4, -0.2) is 19.1 Å². The van der Waals surface area contributed by atoms with Gasteiger partial charge in [0, 0.05) is 38.4 Å². The zero-order valence-corrected chi connectivity index (χ0v) is 27.1. The van der Waals surface area contributed by atoms with Gasteiger partial charge >= 0.3 is 0 Å². The first-order valence-electron chi connectivity index (χ1n) is 16.9. The minimum Gasteiger partial charge on any atom is -0.309 e. The maximum Gasteiger partial charge on any atom is 0.235 e. The van der Waals surface area contributed by atoms with Crippen molar-refractivity contribution in [3.8, 4) is 45.3 Å². The summed E-state index contributed by atoms with van der Waals surface area (Å²) in [5.74, 6) is 0.650. The largest absolute Gasteiger partial charge is 0.309 e. The Morgan fingerprint density at radius 2 is 0.880 bits per heavy atom. The first kappa shape index (κ1) is 28.3. The maximum absolute atomic E-state index is 5.21. The molecule has 0 spiro atoms. The molecule has 50 heavy (non-hydrogen) atoms. The van der Waals surface area contributed by atoms with Gasteiger partial charge in [0.25, 0.3) is 0 Å². The number of aromatic nitrogens is 4. The third-order valence-electron chi connectivity index (χ3n) is 9.75. The molecule has 0 saturated carbocycles. The number of rotatable bonds is 5. The molecule has 0 amide bonds. The van der Waals surface area contributed by atoms with Crippen LogP contribution in [0, 0.1) is 0 Å². The van der Waals surface area contributed by atoms with Crippen LogP contribution in [-0.2, 0) is 0 Å². The third-order valence-corrected chi connectivity index (χ3v) is 9.75. The predicted molar refractivity (Wildman–Crippen MR) is 207 cm³/mol. The Morgan fingerprint density at radius 1 is 0.340 bits per heavy atom. The molecule has 10 rings (SSSR count). The molecule has 0 unspecified atom stereocenters. The Labute approximate surface area is 289 Å². The van der Waals surface area contributed by atoms with Crippen LogP contribution >= 0.6 is 0 Å². The van der Waals surface area contributed by atoms with Gasteiger partial charge < -0.3 is 4.57 Å². The van der Waals surface area contributed by atoms with Crippen molar-refractivity contribution in [1.29, 1.82) is 0 Å². The molecule has 0 aliphatic heterocycles. The molecular formula is C46H30N4. The lowest BCUT2D eigenvalue weighted by Crippen LogP contribution is -2.03. The van der Waals surface area contributed by atoms with Crippen molar-refractivity contribution in [1.82, 2.24) is 19.1 Å². The summed E-state index contributed by atoms with van der Waals surface area (Å²) >= 11 is 0. The van der Waals surface area contributed by atoms with Gasteiger partial charge in [-0.25, -0.2) is 9.97 Å². The average Bonchev–Trinajstić information content (AvgIpc) is 3.71. The summed E-state index contributed by atoms with van der Waals surface area (Å²) < 4.78 is 4.59. The molecule has 4 heteroatoms. The van der Waals surface area contributed by atoms with Crippen molar-refractivity contribution in [2.24, 2.45) is 0 Å². The zero-order chi connectivity index (χ0) is 33.0. The van der Waals surface area contributed by atoms with E-state index in [1.54, 1.807) is 0 Å². The highest BCUT2D eigenvalue weighted by Gasteiger charge is 2.20. The molecule has 0 aliphatic carbocycles. The van der Waals surface area contributed by atoms with E-state index in [0.717, 1.165) is 44.6 Å². The number of hydrogen-bond donors (Lipinski definition) is 0. The predicted octanol–water partition coefficient (Wildman–Crippen LogP) is 11.7. The number of hydrogen-bond acceptors (Lipinski definition) is 2. The third kappa shape index (κ3) is 4.46. The normalized spacial score (nSPS) is 11.6. The summed E-state index contributed by atoms with van der Waals surface area (Å²) in [4.78, 5) is 10.4. The van der Waals surface area contributed by atoms with Crippen molar-refractivity contribution in [3.63, 3.8) is 0 Å². The maximum atomic E-state index is 5.21. The molecule has 3 heterocycles. The molecule has 0 saturated heterocycles. The first-order valence-corrected chi connectivity index (χ1v) is 16.9. The minimum atomic E-state index is 0.650. The monoisotopic (exact) mass is 638 g/mol. The van der Waals surface area contributed by atoms with Crippen LogP contribution < -0.4 is 0 Å². The van der Waals surface area contributed by atoms with E-state index < -0.39 is 0 Å². The van der Waals surface area contributed by atoms with E-state index >= 15 is 0 Å². The van der Waals surface area contributed by atoms with Crippen LogP contribution in [0.15, 0.2) is 182 Å². The second kappa shape index (κ2) is 11.4. The molecule has 0 aliphatic rings. The number of benzene rings is 7. The number of para-hydroxylation sites is 3.